The van der Waals surface area contributed by atoms with Crippen molar-refractivity contribution in [3.63, 3.8) is 0 Å². The molecule has 0 bridgehead atoms. The highest BCUT2D eigenvalue weighted by atomic mass is 35.5. The van der Waals surface area contributed by atoms with E-state index in [2.05, 4.69) is 59.8 Å². The smallest absolute Gasteiger partial charge is 0.297 e. The Morgan fingerprint density at radius 2 is 0.901 bits per heavy atom. The molecule has 0 amide bonds. The van der Waals surface area contributed by atoms with E-state index < -0.39 is 30.4 Å². The highest BCUT2D eigenvalue weighted by Crippen LogP contribution is 2.32. The number of aromatic nitrogens is 4. The number of benzene rings is 6. The van der Waals surface area contributed by atoms with Crippen molar-refractivity contribution in [2.45, 2.75) is 55.2 Å². The largest absolute Gasteiger partial charge is 0.491 e. The van der Waals surface area contributed by atoms with E-state index in [-0.39, 0.29) is 34.5 Å². The molecule has 2 aliphatic heterocycles. The third kappa shape index (κ3) is 26.2. The van der Waals surface area contributed by atoms with Crippen molar-refractivity contribution in [2.75, 3.05) is 151 Å². The fraction of sp³-hybridized carbons (Fsp3) is 0.347. The lowest BCUT2D eigenvalue weighted by molar-refractivity contribution is 0.312. The van der Waals surface area contributed by atoms with Gasteiger partial charge in [0.15, 0.2) is 45.4 Å². The number of hydrogen-bond donors (Lipinski definition) is 2. The number of likely N-dealkylation sites (N-methyl/N-ethyl adjacent to an activating group) is 1. The number of hydrogen-bond acceptors (Lipinski definition) is 22. The number of ether oxygens (including phenoxy) is 2. The second-order valence-corrected chi connectivity index (χ2v) is 27.9. The zero-order chi connectivity index (χ0) is 73.2. The van der Waals surface area contributed by atoms with Crippen LogP contribution in [0.5, 0.6) is 11.5 Å². The van der Waals surface area contributed by atoms with Crippen LogP contribution in [0.25, 0.3) is 14.5 Å². The molecule has 0 spiro atoms. The first-order valence-electron chi connectivity index (χ1n) is 32.3. The Balaban J connectivity index is 0.000000202. The highest BCUT2D eigenvalue weighted by molar-refractivity contribution is 7.87. The maximum absolute atomic E-state index is 12.1. The van der Waals surface area contributed by atoms with Crippen LogP contribution < -0.4 is 44.6 Å². The number of rotatable bonds is 25. The van der Waals surface area contributed by atoms with Crippen LogP contribution in [0.2, 0.25) is 5.15 Å². The van der Waals surface area contributed by atoms with Crippen molar-refractivity contribution in [2.24, 2.45) is 0 Å². The number of nitrogens with zero attached hydrogens (tertiary/aromatic N) is 12. The van der Waals surface area contributed by atoms with Crippen molar-refractivity contribution in [1.29, 1.82) is 0 Å². The zero-order valence-electron chi connectivity index (χ0n) is 58.1. The van der Waals surface area contributed by atoms with Crippen LogP contribution in [0.3, 0.4) is 0 Å². The summed E-state index contributed by atoms with van der Waals surface area (Å²) in [6.07, 6.45) is 5.84. The van der Waals surface area contributed by atoms with Crippen molar-refractivity contribution < 1.29 is 47.3 Å². The summed E-state index contributed by atoms with van der Waals surface area (Å²) < 4.78 is 98.3. The number of methoxy groups -OCH3 is 2. The van der Waals surface area contributed by atoms with E-state index in [1.807, 2.05) is 88.0 Å². The summed E-state index contributed by atoms with van der Waals surface area (Å²) in [6.45, 7) is 39.2. The first kappa shape index (κ1) is 80.5. The van der Waals surface area contributed by atoms with Gasteiger partial charge in [0.1, 0.15) is 12.7 Å². The molecule has 0 unspecified atom stereocenters. The molecule has 4 heterocycles. The molecule has 2 fully saturated rings. The number of halogens is 1. The predicted octanol–water partition coefficient (Wildman–Crippen LogP) is 11.8. The Morgan fingerprint density at radius 1 is 0.505 bits per heavy atom. The van der Waals surface area contributed by atoms with Gasteiger partial charge >= 0.3 is 0 Å². The van der Waals surface area contributed by atoms with Crippen molar-refractivity contribution in [3.8, 4) is 11.5 Å². The average molecular weight is 1460 g/mol. The molecule has 25 nitrogen and oxygen atoms in total. The summed E-state index contributed by atoms with van der Waals surface area (Å²) in [5, 5.41) is 6.94. The molecule has 2 N–H and O–H groups in total. The van der Waals surface area contributed by atoms with Crippen LogP contribution in [0.4, 0.5) is 45.8 Å². The van der Waals surface area contributed by atoms with E-state index in [0.29, 0.717) is 60.4 Å². The maximum Gasteiger partial charge on any atom is 0.297 e. The molecule has 536 valence electrons. The van der Waals surface area contributed by atoms with E-state index in [9.17, 15) is 25.3 Å². The van der Waals surface area contributed by atoms with Crippen LogP contribution in [0, 0.1) is 40.5 Å². The van der Waals surface area contributed by atoms with Gasteiger partial charge in [-0.25, -0.2) is 34.5 Å². The van der Waals surface area contributed by atoms with Gasteiger partial charge in [0, 0.05) is 110 Å². The van der Waals surface area contributed by atoms with Crippen molar-refractivity contribution in [1.82, 2.24) is 30.6 Å². The Morgan fingerprint density at radius 3 is 1.33 bits per heavy atom. The Bertz CT molecular complexity index is 4360. The zero-order valence-corrected chi connectivity index (χ0v) is 61.3. The quantitative estimate of drug-likeness (QED) is 0.0233. The monoisotopic (exact) mass is 1450 g/mol. The first-order valence-corrected chi connectivity index (χ1v) is 36.9. The van der Waals surface area contributed by atoms with E-state index in [1.165, 1.54) is 18.5 Å². The van der Waals surface area contributed by atoms with E-state index in [4.69, 9.17) is 53.3 Å². The number of nitrogens with one attached hydrogen (secondary N) is 2. The predicted molar refractivity (Wildman–Crippen MR) is 397 cm³/mol. The van der Waals surface area contributed by atoms with Gasteiger partial charge in [0.05, 0.1) is 74.6 Å². The number of piperazine rings is 2. The molecule has 8 aromatic rings. The maximum atomic E-state index is 12.1. The van der Waals surface area contributed by atoms with E-state index >= 15 is 0 Å². The van der Waals surface area contributed by atoms with Gasteiger partial charge in [-0.3, -0.25) is 12.5 Å². The molecule has 0 aliphatic carbocycles. The standard InChI is InChI=1S/C19H22N2O3S.C18H20N2O3S.C17H18N2O3S.C9H13ClN4O.C9H14N4O/c1-4-21(18-8-5-7-17(15-18)20-3)13-6-14-24-25(22,23)19-11-9-16(2)10-12-19;1-15-8-10-18(11-9-15)24(21,22)23-13-5-12-20(3)17-7-4-6-16(14-17)19-2;1-14-7-9-17(10-8-14)23(20,21)22-12-11-19(3)16-6-4-5-15(13-16)18-2;1-15-7-8(10)12-6-13-9(7)14-4-2-11-3-5-14;1-14-8-6-11-7-12-9(8)13-4-2-10-3-5-13/h5,7-12,15H,4,6,13-14H2,1-2H3;4,6-11,14H,5,12-13H2,1,3H3;4-10,13H,11-12H2,1,3H3;6,11H,2-5H2,1H3;6-7,10H,2-5H2,1H3. The third-order valence-electron chi connectivity index (χ3n) is 15.4. The number of anilines is 5. The van der Waals surface area contributed by atoms with Crippen LogP contribution in [0.15, 0.2) is 179 Å². The van der Waals surface area contributed by atoms with Gasteiger partial charge in [0.25, 0.3) is 30.4 Å². The summed E-state index contributed by atoms with van der Waals surface area (Å²) in [4.78, 5) is 37.2. The minimum atomic E-state index is -3.74. The highest BCUT2D eigenvalue weighted by Gasteiger charge is 2.21. The van der Waals surface area contributed by atoms with E-state index in [0.717, 1.165) is 110 Å². The van der Waals surface area contributed by atoms with Crippen molar-refractivity contribution >= 4 is 87.7 Å². The summed E-state index contributed by atoms with van der Waals surface area (Å²) >= 11 is 5.93. The van der Waals surface area contributed by atoms with Gasteiger partial charge < -0.3 is 44.6 Å². The Hall–Kier alpha value is -9.51. The van der Waals surface area contributed by atoms with Gasteiger partial charge in [-0.1, -0.05) is 101 Å². The fourth-order valence-electron chi connectivity index (χ4n) is 9.77. The van der Waals surface area contributed by atoms with Gasteiger partial charge in [-0.2, -0.15) is 25.3 Å². The molecule has 2 aromatic heterocycles. The molecule has 0 atom stereocenters. The molecular weight excluding hydrogens is 1370 g/mol. The molecule has 2 saturated heterocycles. The molecule has 0 saturated carbocycles. The summed E-state index contributed by atoms with van der Waals surface area (Å²) in [7, 11) is -4.22. The lowest BCUT2D eigenvalue weighted by Gasteiger charge is -2.29. The average Bonchev–Trinajstić information content (AvgIpc) is 0.844. The molecule has 2 aliphatic rings. The van der Waals surface area contributed by atoms with Gasteiger partial charge in [-0.05, 0) is 113 Å². The Kier molecular flexibility index (Phi) is 32.9. The normalized spacial score (nSPS) is 12.7. The number of aryl methyl sites for hydroxylation is 3. The fourth-order valence-corrected chi connectivity index (χ4v) is 12.8. The van der Waals surface area contributed by atoms with Crippen LogP contribution in [-0.2, 0) is 42.9 Å². The molecule has 0 radical (unpaired) electrons. The van der Waals surface area contributed by atoms with Gasteiger partial charge in [0.2, 0.25) is 0 Å². The van der Waals surface area contributed by atoms with Gasteiger partial charge in [-0.15, -0.1) is 0 Å². The molecular formula is C72H87ClN14O11S3. The second kappa shape index (κ2) is 41.3. The molecule has 6 aromatic carbocycles. The topological polar surface area (TPSA) is 253 Å². The lowest BCUT2D eigenvalue weighted by atomic mass is 10.2. The minimum absolute atomic E-state index is 0.0367. The molecule has 29 heteroatoms. The van der Waals surface area contributed by atoms with Crippen molar-refractivity contribution in [3.05, 3.63) is 221 Å². The summed E-state index contributed by atoms with van der Waals surface area (Å²) in [5.74, 6) is 2.97. The summed E-state index contributed by atoms with van der Waals surface area (Å²) in [5.41, 5.74) is 7.42. The summed E-state index contributed by atoms with van der Waals surface area (Å²) in [6, 6.07) is 41.6. The van der Waals surface area contributed by atoms with Crippen LogP contribution in [0.1, 0.15) is 36.5 Å². The van der Waals surface area contributed by atoms with Crippen LogP contribution in [-0.4, -0.2) is 172 Å². The van der Waals surface area contributed by atoms with Crippen LogP contribution >= 0.6 is 11.6 Å². The van der Waals surface area contributed by atoms with E-state index in [1.54, 1.807) is 124 Å². The molecule has 101 heavy (non-hydrogen) atoms. The Labute approximate surface area is 600 Å². The third-order valence-corrected chi connectivity index (χ3v) is 19.7. The minimum Gasteiger partial charge on any atom is -0.491 e. The first-order chi connectivity index (χ1) is 48.5. The SMILES string of the molecule is COc1c(Cl)ncnc1N1CCNCC1.COc1cncnc1N1CCNCC1.[C-]#[N+]c1cccc(N(C)CCCOS(=O)(=O)c2ccc(C)cc2)c1.[C-]#[N+]c1cccc(N(C)CCOS(=O)(=O)c2ccc(C)cc2)c1.[C-]#[N+]c1cccc(N(CC)CCCOS(=O)(=O)c2ccc(C)cc2)c1. The lowest BCUT2D eigenvalue weighted by Crippen LogP contribution is -2.44. The molecule has 10 rings (SSSR count). The second-order valence-electron chi connectivity index (χ2n) is 22.7.